The molecule has 2 aliphatic rings. The summed E-state index contributed by atoms with van der Waals surface area (Å²) in [6.07, 6.45) is 1.60. The Balaban J connectivity index is 1.49. The first-order valence-corrected chi connectivity index (χ1v) is 12.0. The molecular weight excluding hydrogens is 520 g/mol. The number of ether oxygens (including phenoxy) is 3. The Labute approximate surface area is 210 Å². The molecule has 0 fully saturated rings. The van der Waals surface area contributed by atoms with E-state index in [9.17, 15) is 4.79 Å². The lowest BCUT2D eigenvalue weighted by molar-refractivity contribution is -0.114. The van der Waals surface area contributed by atoms with Crippen molar-refractivity contribution in [3.63, 3.8) is 0 Å². The lowest BCUT2D eigenvalue weighted by atomic mass is 10.1. The van der Waals surface area contributed by atoms with Crippen molar-refractivity contribution in [2.45, 2.75) is 20.8 Å². The van der Waals surface area contributed by atoms with E-state index in [0.29, 0.717) is 39.9 Å². The van der Waals surface area contributed by atoms with Gasteiger partial charge >= 0.3 is 0 Å². The van der Waals surface area contributed by atoms with Crippen LogP contribution in [0.15, 0.2) is 50.5 Å². The molecule has 0 saturated heterocycles. The number of nitrogens with one attached hydrogen (secondary N) is 1. The van der Waals surface area contributed by atoms with E-state index < -0.39 is 5.91 Å². The number of hydrazone groups is 1. The molecule has 4 rings (SSSR count). The van der Waals surface area contributed by atoms with Gasteiger partial charge in [0.1, 0.15) is 19.0 Å². The summed E-state index contributed by atoms with van der Waals surface area (Å²) in [5.74, 6) is 1.34. The van der Waals surface area contributed by atoms with Gasteiger partial charge in [-0.05, 0) is 89.4 Å². The number of halogens is 1. The second-order valence-electron chi connectivity index (χ2n) is 7.64. The number of amides is 1. The summed E-state index contributed by atoms with van der Waals surface area (Å²) in [7, 11) is 1.54. The van der Waals surface area contributed by atoms with Crippen LogP contribution >= 0.6 is 27.7 Å². The number of methoxy groups -OCH3 is 1. The Morgan fingerprint density at radius 1 is 1.12 bits per heavy atom. The smallest absolute Gasteiger partial charge is 0.283 e. The maximum absolute atomic E-state index is 12.5. The maximum Gasteiger partial charge on any atom is 0.283 e. The number of carbonyl (C=O) groups excluding carboxylic acids is 1. The molecule has 1 N–H and O–H groups in total. The van der Waals surface area contributed by atoms with Gasteiger partial charge in [-0.15, -0.1) is 0 Å². The van der Waals surface area contributed by atoms with Gasteiger partial charge < -0.3 is 14.2 Å². The average Bonchev–Trinajstić information content (AvgIpc) is 3.17. The molecule has 10 heteroatoms. The van der Waals surface area contributed by atoms with E-state index in [1.165, 1.54) is 16.8 Å². The standard InChI is InChI=1S/C24H23BrN4O4S/c1-13-5-6-14(2)19(9-13)32-7-8-33-21-18(25)11-16(12-20(21)31-4)10-17-22(26)29-24(27-23(17)30)34-15(3)28-29/h5-6,9-12,26H,7-8H2,1-4H3/b17-10-,26-22?. The third-order valence-corrected chi connectivity index (χ3v) is 6.46. The highest BCUT2D eigenvalue weighted by Gasteiger charge is 2.34. The quantitative estimate of drug-likeness (QED) is 0.382. The second-order valence-corrected chi connectivity index (χ2v) is 9.65. The van der Waals surface area contributed by atoms with E-state index in [-0.39, 0.29) is 11.4 Å². The van der Waals surface area contributed by atoms with Crippen molar-refractivity contribution in [3.05, 3.63) is 57.1 Å². The second kappa shape index (κ2) is 10.0. The maximum atomic E-state index is 12.5. The summed E-state index contributed by atoms with van der Waals surface area (Å²) < 4.78 is 18.0. The zero-order chi connectivity index (χ0) is 24.4. The van der Waals surface area contributed by atoms with Crippen LogP contribution < -0.4 is 14.2 Å². The number of fused-ring (bicyclic) bond motifs is 1. The number of amidine groups is 2. The summed E-state index contributed by atoms with van der Waals surface area (Å²) in [6.45, 7) is 6.51. The van der Waals surface area contributed by atoms with E-state index >= 15 is 0 Å². The Kier molecular flexibility index (Phi) is 7.08. The predicted octanol–water partition coefficient (Wildman–Crippen LogP) is 5.17. The normalized spacial score (nSPS) is 16.4. The van der Waals surface area contributed by atoms with Crippen LogP contribution in [0, 0.1) is 19.3 Å². The minimum Gasteiger partial charge on any atom is -0.493 e. The number of aryl methyl sites for hydroxylation is 2. The van der Waals surface area contributed by atoms with Crippen molar-refractivity contribution in [1.29, 1.82) is 5.41 Å². The lowest BCUT2D eigenvalue weighted by Crippen LogP contribution is -2.35. The molecule has 1 amide bonds. The third-order valence-electron chi connectivity index (χ3n) is 5.05. The molecule has 0 saturated carbocycles. The number of rotatable bonds is 7. The summed E-state index contributed by atoms with van der Waals surface area (Å²) in [4.78, 5) is 16.6. The van der Waals surface area contributed by atoms with E-state index in [4.69, 9.17) is 19.6 Å². The third kappa shape index (κ3) is 5.02. The van der Waals surface area contributed by atoms with Crippen LogP contribution in [0.1, 0.15) is 23.6 Å². The lowest BCUT2D eigenvalue weighted by Gasteiger charge is -2.20. The van der Waals surface area contributed by atoms with Gasteiger partial charge in [-0.2, -0.15) is 15.1 Å². The largest absolute Gasteiger partial charge is 0.493 e. The molecule has 176 valence electrons. The fourth-order valence-electron chi connectivity index (χ4n) is 3.38. The van der Waals surface area contributed by atoms with Crippen molar-refractivity contribution < 1.29 is 19.0 Å². The minimum atomic E-state index is -0.479. The molecule has 2 aromatic carbocycles. The molecule has 8 nitrogen and oxygen atoms in total. The molecule has 0 aromatic heterocycles. The molecule has 34 heavy (non-hydrogen) atoms. The van der Waals surface area contributed by atoms with E-state index in [0.717, 1.165) is 21.9 Å². The van der Waals surface area contributed by atoms with E-state index in [1.807, 2.05) is 32.0 Å². The molecule has 0 bridgehead atoms. The van der Waals surface area contributed by atoms with Crippen molar-refractivity contribution in [2.24, 2.45) is 10.1 Å². The van der Waals surface area contributed by atoms with Crippen LogP contribution in [-0.2, 0) is 4.79 Å². The topological polar surface area (TPSA) is 96.6 Å². The molecule has 2 aromatic rings. The Hall–Kier alpha value is -3.11. The molecule has 0 atom stereocenters. The van der Waals surface area contributed by atoms with Crippen LogP contribution in [0.5, 0.6) is 17.2 Å². The Bertz CT molecular complexity index is 1270. The van der Waals surface area contributed by atoms with E-state index in [1.54, 1.807) is 32.2 Å². The number of benzene rings is 2. The van der Waals surface area contributed by atoms with Crippen LogP contribution in [0.4, 0.5) is 0 Å². The summed E-state index contributed by atoms with van der Waals surface area (Å²) in [5, 5.41) is 15.2. The van der Waals surface area contributed by atoms with Gasteiger partial charge in [0, 0.05) is 0 Å². The SMILES string of the molecule is COc1cc(/C=C2/C(=N)N3N=C(C)SC3=NC2=O)cc(Br)c1OCCOc1cc(C)ccc1C. The van der Waals surface area contributed by atoms with Gasteiger partial charge in [0.05, 0.1) is 22.2 Å². The molecular formula is C24H23BrN4O4S. The summed E-state index contributed by atoms with van der Waals surface area (Å²) >= 11 is 4.80. The number of carbonyl (C=O) groups is 1. The molecule has 0 radical (unpaired) electrons. The van der Waals surface area contributed by atoms with Gasteiger partial charge in [-0.3, -0.25) is 10.2 Å². The molecule has 0 unspecified atom stereocenters. The number of nitrogens with zero attached hydrogens (tertiary/aromatic N) is 3. The van der Waals surface area contributed by atoms with E-state index in [2.05, 4.69) is 26.0 Å². The number of hydrogen-bond donors (Lipinski definition) is 1. The number of thioether (sulfide) groups is 1. The first-order chi connectivity index (χ1) is 16.3. The van der Waals surface area contributed by atoms with Gasteiger partial charge in [-0.1, -0.05) is 12.1 Å². The highest BCUT2D eigenvalue weighted by molar-refractivity contribution is 9.10. The monoisotopic (exact) mass is 542 g/mol. The fourth-order valence-corrected chi connectivity index (χ4v) is 4.68. The van der Waals surface area contributed by atoms with Crippen LogP contribution in [0.2, 0.25) is 0 Å². The van der Waals surface area contributed by atoms with Crippen LogP contribution in [0.3, 0.4) is 0 Å². The van der Waals surface area contributed by atoms with Crippen molar-refractivity contribution >= 4 is 55.7 Å². The number of aliphatic imine (C=N–C) groups is 1. The fraction of sp³-hybridized carbons (Fsp3) is 0.250. The first-order valence-electron chi connectivity index (χ1n) is 10.4. The van der Waals surface area contributed by atoms with Crippen molar-refractivity contribution in [3.8, 4) is 17.2 Å². The van der Waals surface area contributed by atoms with Gasteiger partial charge in [0.2, 0.25) is 5.17 Å². The van der Waals surface area contributed by atoms with Crippen molar-refractivity contribution in [2.75, 3.05) is 20.3 Å². The van der Waals surface area contributed by atoms with Crippen molar-refractivity contribution in [1.82, 2.24) is 5.01 Å². The first kappa shape index (κ1) is 24.0. The summed E-state index contributed by atoms with van der Waals surface area (Å²) in [6, 6.07) is 9.61. The van der Waals surface area contributed by atoms with Crippen LogP contribution in [0.25, 0.3) is 6.08 Å². The minimum absolute atomic E-state index is 0.0154. The zero-order valence-corrected chi connectivity index (χ0v) is 21.5. The molecule has 0 aliphatic carbocycles. The molecule has 2 aliphatic heterocycles. The summed E-state index contributed by atoms with van der Waals surface area (Å²) in [5.41, 5.74) is 3.00. The van der Waals surface area contributed by atoms with Gasteiger partial charge in [-0.25, -0.2) is 0 Å². The average molecular weight is 543 g/mol. The highest BCUT2D eigenvalue weighted by atomic mass is 79.9. The molecule has 0 spiro atoms. The predicted molar refractivity (Wildman–Crippen MR) is 138 cm³/mol. The van der Waals surface area contributed by atoms with Gasteiger partial charge in [0.15, 0.2) is 17.3 Å². The highest BCUT2D eigenvalue weighted by Crippen LogP contribution is 2.38. The Morgan fingerprint density at radius 2 is 1.88 bits per heavy atom. The Morgan fingerprint density at radius 3 is 2.65 bits per heavy atom. The van der Waals surface area contributed by atoms with Crippen LogP contribution in [-0.4, -0.2) is 47.3 Å². The zero-order valence-electron chi connectivity index (χ0n) is 19.1. The number of hydrogen-bond acceptors (Lipinski definition) is 7. The molecule has 2 heterocycles. The van der Waals surface area contributed by atoms with Gasteiger partial charge in [0.25, 0.3) is 5.91 Å².